The Labute approximate surface area is 329 Å². The highest BCUT2D eigenvalue weighted by Crippen LogP contribution is 2.68. The van der Waals surface area contributed by atoms with E-state index >= 15 is 8.78 Å². The number of halogens is 7. The molecule has 4 aromatic heterocycles. The third kappa shape index (κ3) is 7.31. The van der Waals surface area contributed by atoms with E-state index in [1.165, 1.54) is 34.8 Å². The lowest BCUT2D eigenvalue weighted by Crippen LogP contribution is -2.35. The van der Waals surface area contributed by atoms with Crippen molar-refractivity contribution >= 4 is 77.4 Å². The van der Waals surface area contributed by atoms with Gasteiger partial charge in [-0.2, -0.15) is 19.0 Å². The maximum atomic E-state index is 15.4. The molecule has 0 radical (unpaired) electrons. The normalized spacial score (nSPS) is 18.0. The van der Waals surface area contributed by atoms with Crippen molar-refractivity contribution in [3.8, 4) is 0 Å². The molecule has 2 aliphatic rings. The standard InChI is InChI=1S/C35H31ClF6N8O3S3/c1-6-18(29-25(14(2)36)33(47-49(29)3)48-56(5,52)53)19-12-23-32(45-34(54-4)55-23)44-27(19)22(9-15-7-16(37)10-17(38)8-15)43-24(51)13-50-30-26(28(46-50)31(39)40)20-11-21(20)35(30,41)42/h6-8,10,12,20-22,31H,2,9,11,13H2,1,3-5H3,(H,43,51)(H,47,48)/b18-6-/t20-,21+,22?/m0/s1. The quantitative estimate of drug-likeness (QED) is 0.0902. The number of thioether (sulfide) groups is 1. The number of carbonyl (C=O) groups excluding carboxylic acids is 1. The maximum absolute atomic E-state index is 15.4. The van der Waals surface area contributed by atoms with Gasteiger partial charge in [0.2, 0.25) is 15.9 Å². The molecular formula is C35H31ClF6N8O3S3. The number of nitrogens with one attached hydrogen (secondary N) is 2. The number of hydrogen-bond acceptors (Lipinski definition) is 9. The number of pyridine rings is 1. The second-order valence-electron chi connectivity index (χ2n) is 13.4. The lowest BCUT2D eigenvalue weighted by atomic mass is 9.92. The number of aryl methyl sites for hydroxylation is 1. The summed E-state index contributed by atoms with van der Waals surface area (Å²) in [6.45, 7) is 4.59. The van der Waals surface area contributed by atoms with Gasteiger partial charge in [0, 0.05) is 40.8 Å². The lowest BCUT2D eigenvalue weighted by molar-refractivity contribution is -0.123. The predicted molar refractivity (Wildman–Crippen MR) is 201 cm³/mol. The Morgan fingerprint density at radius 1 is 1.16 bits per heavy atom. The van der Waals surface area contributed by atoms with E-state index in [-0.39, 0.29) is 57.4 Å². The van der Waals surface area contributed by atoms with Crippen LogP contribution in [-0.2, 0) is 40.8 Å². The molecule has 296 valence electrons. The molecule has 7 rings (SSSR count). The number of aromatic nitrogens is 6. The summed E-state index contributed by atoms with van der Waals surface area (Å²) in [5.41, 5.74) is -0.309. The molecule has 1 saturated carbocycles. The molecule has 21 heteroatoms. The zero-order valence-corrected chi connectivity index (χ0v) is 33.0. The van der Waals surface area contributed by atoms with E-state index in [0.29, 0.717) is 30.9 Å². The molecule has 1 unspecified atom stereocenters. The van der Waals surface area contributed by atoms with E-state index in [0.717, 1.165) is 18.4 Å². The molecule has 1 fully saturated rings. The first-order valence-electron chi connectivity index (χ1n) is 16.7. The van der Waals surface area contributed by atoms with Crippen LogP contribution in [0.5, 0.6) is 0 Å². The number of fused-ring (bicyclic) bond motifs is 4. The fraction of sp³-hybridized carbons (Fsp3) is 0.343. The second-order valence-corrected chi connectivity index (χ2v) is 17.7. The number of sulfonamides is 1. The number of anilines is 1. The van der Waals surface area contributed by atoms with E-state index in [9.17, 15) is 30.8 Å². The van der Waals surface area contributed by atoms with Crippen LogP contribution < -0.4 is 10.0 Å². The molecule has 2 aliphatic carbocycles. The van der Waals surface area contributed by atoms with Crippen LogP contribution in [0.4, 0.5) is 32.2 Å². The summed E-state index contributed by atoms with van der Waals surface area (Å²) < 4.78 is 118. The van der Waals surface area contributed by atoms with Gasteiger partial charge in [0.25, 0.3) is 12.3 Å². The fourth-order valence-electron chi connectivity index (χ4n) is 7.32. The van der Waals surface area contributed by atoms with E-state index in [4.69, 9.17) is 16.6 Å². The van der Waals surface area contributed by atoms with Gasteiger partial charge in [-0.3, -0.25) is 18.9 Å². The van der Waals surface area contributed by atoms with Gasteiger partial charge in [-0.15, -0.1) is 11.3 Å². The Hall–Kier alpha value is -4.40. The predicted octanol–water partition coefficient (Wildman–Crippen LogP) is 7.90. The Balaban J connectivity index is 1.38. The number of thiazole rings is 1. The summed E-state index contributed by atoms with van der Waals surface area (Å²) >= 11 is 9.11. The highest BCUT2D eigenvalue weighted by Gasteiger charge is 2.67. The van der Waals surface area contributed by atoms with Gasteiger partial charge < -0.3 is 5.32 Å². The number of nitrogens with zero attached hydrogens (tertiary/aromatic N) is 6. The first kappa shape index (κ1) is 39.8. The molecule has 5 aromatic rings. The number of amides is 1. The minimum atomic E-state index is -3.85. The van der Waals surface area contributed by atoms with Gasteiger partial charge in [0.15, 0.2) is 15.8 Å². The summed E-state index contributed by atoms with van der Waals surface area (Å²) in [4.78, 5) is 23.4. The van der Waals surface area contributed by atoms with Crippen LogP contribution in [0.2, 0.25) is 0 Å². The number of rotatable bonds is 13. The highest BCUT2D eigenvalue weighted by atomic mass is 35.5. The number of benzene rings is 1. The van der Waals surface area contributed by atoms with Crippen LogP contribution >= 0.6 is 34.7 Å². The van der Waals surface area contributed by atoms with Crippen molar-refractivity contribution in [3.63, 3.8) is 0 Å². The zero-order valence-electron chi connectivity index (χ0n) is 29.8. The molecule has 56 heavy (non-hydrogen) atoms. The Kier molecular flexibility index (Phi) is 10.3. The third-order valence-electron chi connectivity index (χ3n) is 9.49. The SMILES string of the molecule is C=C(Cl)c1c(NS(C)(=O)=O)nn(C)c1/C(=C\C)c1cc2sc(SC)nc2nc1C(Cc1cc(F)cc(F)c1)NC(=O)Cn1nc(C(F)F)c2c1C(F)(F)[C@@H]1C[C@H]21. The number of allylic oxidation sites excluding steroid dienone is 1. The molecule has 0 spiro atoms. The first-order chi connectivity index (χ1) is 26.3. The van der Waals surface area contributed by atoms with Gasteiger partial charge in [-0.05, 0) is 55.7 Å². The average molecular weight is 857 g/mol. The minimum Gasteiger partial charge on any atom is -0.346 e. The summed E-state index contributed by atoms with van der Waals surface area (Å²) in [5.74, 6) is -8.33. The summed E-state index contributed by atoms with van der Waals surface area (Å²) in [6, 6.07) is 3.21. The topological polar surface area (TPSA) is 137 Å². The van der Waals surface area contributed by atoms with E-state index < -0.39 is 75.7 Å². The molecular weight excluding hydrogens is 826 g/mol. The van der Waals surface area contributed by atoms with Crippen LogP contribution in [0.15, 0.2) is 41.3 Å². The van der Waals surface area contributed by atoms with Crippen LogP contribution in [0.25, 0.3) is 21.0 Å². The number of hydrogen-bond donors (Lipinski definition) is 2. The van der Waals surface area contributed by atoms with Gasteiger partial charge in [0.05, 0.1) is 33.9 Å². The molecule has 0 saturated heterocycles. The minimum absolute atomic E-state index is 0.0320. The van der Waals surface area contributed by atoms with Crippen molar-refractivity contribution in [2.45, 2.75) is 55.0 Å². The van der Waals surface area contributed by atoms with Gasteiger partial charge in [-0.1, -0.05) is 36.0 Å². The van der Waals surface area contributed by atoms with E-state index in [1.807, 2.05) is 0 Å². The summed E-state index contributed by atoms with van der Waals surface area (Å²) in [6.07, 6.45) is 0.963. The van der Waals surface area contributed by atoms with Crippen molar-refractivity contribution in [2.24, 2.45) is 13.0 Å². The molecule has 1 amide bonds. The monoisotopic (exact) mass is 856 g/mol. The molecule has 1 aromatic carbocycles. The van der Waals surface area contributed by atoms with Gasteiger partial charge in [-0.25, -0.2) is 35.9 Å². The van der Waals surface area contributed by atoms with Crippen molar-refractivity contribution in [1.82, 2.24) is 34.8 Å². The van der Waals surface area contributed by atoms with Crippen LogP contribution in [0.3, 0.4) is 0 Å². The Morgan fingerprint density at radius 2 is 1.86 bits per heavy atom. The van der Waals surface area contributed by atoms with Crippen molar-refractivity contribution in [2.75, 3.05) is 17.2 Å². The van der Waals surface area contributed by atoms with Crippen LogP contribution in [-0.4, -0.2) is 56.4 Å². The Bertz CT molecular complexity index is 2570. The number of alkyl halides is 4. The largest absolute Gasteiger partial charge is 0.346 e. The van der Waals surface area contributed by atoms with Gasteiger partial charge in [0.1, 0.15) is 29.6 Å². The second kappa shape index (κ2) is 14.5. The van der Waals surface area contributed by atoms with Crippen LogP contribution in [0.1, 0.15) is 76.8 Å². The molecule has 11 nitrogen and oxygen atoms in total. The zero-order chi connectivity index (χ0) is 40.6. The van der Waals surface area contributed by atoms with Crippen molar-refractivity contribution in [3.05, 3.63) is 93.6 Å². The van der Waals surface area contributed by atoms with Crippen molar-refractivity contribution in [1.29, 1.82) is 0 Å². The van der Waals surface area contributed by atoms with Crippen LogP contribution in [0, 0.1) is 17.6 Å². The molecule has 0 bridgehead atoms. The number of carbonyl (C=O) groups is 1. The molecule has 3 atom stereocenters. The fourth-order valence-corrected chi connectivity index (χ4v) is 9.45. The molecule has 2 N–H and O–H groups in total. The van der Waals surface area contributed by atoms with Gasteiger partial charge >= 0.3 is 0 Å². The maximum Gasteiger partial charge on any atom is 0.293 e. The first-order valence-corrected chi connectivity index (χ1v) is 21.1. The Morgan fingerprint density at radius 3 is 2.46 bits per heavy atom. The smallest absolute Gasteiger partial charge is 0.293 e. The lowest BCUT2D eigenvalue weighted by Gasteiger charge is -2.23. The average Bonchev–Trinajstić information content (AvgIpc) is 3.37. The highest BCUT2D eigenvalue weighted by molar-refractivity contribution is 8.00. The summed E-state index contributed by atoms with van der Waals surface area (Å²) in [7, 11) is -2.32. The van der Waals surface area contributed by atoms with E-state index in [2.05, 4.69) is 31.8 Å². The van der Waals surface area contributed by atoms with E-state index in [1.54, 1.807) is 25.3 Å². The van der Waals surface area contributed by atoms with Crippen molar-refractivity contribution < 1.29 is 39.6 Å². The molecule has 0 aliphatic heterocycles. The third-order valence-corrected chi connectivity index (χ3v) is 12.2. The summed E-state index contributed by atoms with van der Waals surface area (Å²) in [5, 5.41) is 10.8. The molecule has 4 heterocycles.